The Morgan fingerprint density at radius 1 is 1.56 bits per heavy atom. The van der Waals surface area contributed by atoms with E-state index in [9.17, 15) is 4.39 Å². The van der Waals surface area contributed by atoms with Crippen LogP contribution in [0.3, 0.4) is 0 Å². The molecule has 1 aromatic carbocycles. The van der Waals surface area contributed by atoms with Crippen molar-refractivity contribution in [1.29, 1.82) is 0 Å². The molecule has 0 aliphatic heterocycles. The molecule has 16 heavy (non-hydrogen) atoms. The van der Waals surface area contributed by atoms with Gasteiger partial charge in [-0.15, -0.1) is 0 Å². The fourth-order valence-corrected chi connectivity index (χ4v) is 1.56. The Labute approximate surface area is 99.6 Å². The van der Waals surface area contributed by atoms with Gasteiger partial charge in [0, 0.05) is 19.7 Å². The van der Waals surface area contributed by atoms with Gasteiger partial charge < -0.3 is 15.7 Å². The molecule has 1 unspecified atom stereocenters. The lowest BCUT2D eigenvalue weighted by Crippen LogP contribution is -2.22. The molecule has 0 saturated carbocycles. The second-order valence-electron chi connectivity index (χ2n) is 3.88. The van der Waals surface area contributed by atoms with Crippen LogP contribution < -0.4 is 10.6 Å². The highest BCUT2D eigenvalue weighted by Gasteiger charge is 2.10. The van der Waals surface area contributed by atoms with E-state index in [0.717, 1.165) is 0 Å². The first-order chi connectivity index (χ1) is 7.41. The van der Waals surface area contributed by atoms with Crippen LogP contribution in [-0.4, -0.2) is 24.8 Å². The number of nitrogens with zero attached hydrogens (tertiary/aromatic N) is 1. The van der Waals surface area contributed by atoms with Gasteiger partial charge in [0.1, 0.15) is 5.82 Å². The lowest BCUT2D eigenvalue weighted by Gasteiger charge is -2.22. The summed E-state index contributed by atoms with van der Waals surface area (Å²) in [6.07, 6.45) is 0.209. The number of anilines is 2. The summed E-state index contributed by atoms with van der Waals surface area (Å²) in [7, 11) is 1.79. The summed E-state index contributed by atoms with van der Waals surface area (Å²) in [5.74, 6) is -0.491. The number of aliphatic hydroxyl groups excluding tert-OH is 1. The first kappa shape index (κ1) is 13.1. The van der Waals surface area contributed by atoms with Crippen LogP contribution in [0, 0.1) is 5.82 Å². The molecule has 3 nitrogen and oxygen atoms in total. The van der Waals surface area contributed by atoms with Gasteiger partial charge in [-0.3, -0.25) is 0 Å². The summed E-state index contributed by atoms with van der Waals surface area (Å²) in [5.41, 5.74) is 6.76. The molecule has 0 aliphatic carbocycles. The van der Waals surface area contributed by atoms with Crippen molar-refractivity contribution in [3.63, 3.8) is 0 Å². The predicted molar refractivity (Wildman–Crippen MR) is 65.4 cm³/mol. The van der Waals surface area contributed by atoms with Gasteiger partial charge in [-0.1, -0.05) is 11.6 Å². The first-order valence-corrected chi connectivity index (χ1v) is 5.43. The number of halogens is 2. The van der Waals surface area contributed by atoms with Gasteiger partial charge in [0.25, 0.3) is 0 Å². The summed E-state index contributed by atoms with van der Waals surface area (Å²) in [4.78, 5) is 1.79. The van der Waals surface area contributed by atoms with Crippen molar-refractivity contribution in [1.82, 2.24) is 0 Å². The average molecular weight is 247 g/mol. The normalized spacial score (nSPS) is 12.6. The molecule has 90 valence electrons. The molecule has 0 fully saturated rings. The number of rotatable bonds is 4. The summed E-state index contributed by atoms with van der Waals surface area (Å²) < 4.78 is 13.3. The Morgan fingerprint density at radius 2 is 2.19 bits per heavy atom. The van der Waals surface area contributed by atoms with Gasteiger partial charge >= 0.3 is 0 Å². The molecule has 0 spiro atoms. The Balaban J connectivity index is 2.82. The molecule has 1 rings (SSSR count). The van der Waals surface area contributed by atoms with Crippen molar-refractivity contribution in [2.24, 2.45) is 0 Å². The zero-order valence-electron chi connectivity index (χ0n) is 9.37. The molecular weight excluding hydrogens is 231 g/mol. The second kappa shape index (κ2) is 5.37. The van der Waals surface area contributed by atoms with Gasteiger partial charge in [0.05, 0.1) is 22.5 Å². The van der Waals surface area contributed by atoms with E-state index in [-0.39, 0.29) is 11.1 Å². The second-order valence-corrected chi connectivity index (χ2v) is 4.29. The minimum absolute atomic E-state index is 0.0187. The zero-order chi connectivity index (χ0) is 12.3. The van der Waals surface area contributed by atoms with E-state index in [1.807, 2.05) is 0 Å². The van der Waals surface area contributed by atoms with E-state index in [1.54, 1.807) is 18.9 Å². The number of hydrogen-bond acceptors (Lipinski definition) is 3. The lowest BCUT2D eigenvalue weighted by atomic mass is 10.2. The highest BCUT2D eigenvalue weighted by molar-refractivity contribution is 6.31. The van der Waals surface area contributed by atoms with Crippen LogP contribution in [-0.2, 0) is 0 Å². The van der Waals surface area contributed by atoms with Crippen LogP contribution >= 0.6 is 11.6 Å². The Morgan fingerprint density at radius 3 is 2.75 bits per heavy atom. The summed E-state index contributed by atoms with van der Waals surface area (Å²) in [6, 6.07) is 2.70. The molecule has 0 radical (unpaired) electrons. The molecule has 0 amide bonds. The fraction of sp³-hybridized carbons (Fsp3) is 0.455. The van der Waals surface area contributed by atoms with E-state index >= 15 is 0 Å². The summed E-state index contributed by atoms with van der Waals surface area (Å²) in [6.45, 7) is 2.31. The number of aliphatic hydroxyl groups is 1. The number of benzene rings is 1. The van der Waals surface area contributed by atoms with Gasteiger partial charge in [-0.05, 0) is 19.4 Å². The molecule has 1 aromatic rings. The molecule has 5 heteroatoms. The Hall–Kier alpha value is -1.00. The molecular formula is C11H16ClFN2O. The average Bonchev–Trinajstić information content (AvgIpc) is 2.20. The monoisotopic (exact) mass is 246 g/mol. The molecule has 0 aromatic heterocycles. The smallest absolute Gasteiger partial charge is 0.144 e. The van der Waals surface area contributed by atoms with Crippen molar-refractivity contribution in [3.8, 4) is 0 Å². The fourth-order valence-electron chi connectivity index (χ4n) is 1.38. The summed E-state index contributed by atoms with van der Waals surface area (Å²) in [5, 5.41) is 9.18. The number of nitrogens with two attached hydrogens (primary N) is 1. The van der Waals surface area contributed by atoms with Gasteiger partial charge in [-0.25, -0.2) is 4.39 Å². The predicted octanol–water partition coefficient (Wildman–Crippen LogP) is 2.27. The summed E-state index contributed by atoms with van der Waals surface area (Å²) >= 11 is 5.60. The van der Waals surface area contributed by atoms with E-state index in [4.69, 9.17) is 22.4 Å². The molecule has 0 saturated heterocycles. The standard InChI is InChI=1S/C11H16ClFN2O/c1-7(16)3-4-15(2)11-6-9(13)8(12)5-10(11)14/h5-7,16H,3-4,14H2,1-2H3. The SMILES string of the molecule is CC(O)CCN(C)c1cc(F)c(Cl)cc1N. The molecule has 0 heterocycles. The van der Waals surface area contributed by atoms with Crippen molar-refractivity contribution < 1.29 is 9.50 Å². The quantitative estimate of drug-likeness (QED) is 0.802. The van der Waals surface area contributed by atoms with E-state index in [0.29, 0.717) is 24.3 Å². The first-order valence-electron chi connectivity index (χ1n) is 5.05. The zero-order valence-corrected chi connectivity index (χ0v) is 10.1. The van der Waals surface area contributed by atoms with Crippen LogP contribution in [0.2, 0.25) is 5.02 Å². The van der Waals surface area contributed by atoms with E-state index in [2.05, 4.69) is 0 Å². The van der Waals surface area contributed by atoms with E-state index < -0.39 is 5.82 Å². The topological polar surface area (TPSA) is 49.5 Å². The third-order valence-corrected chi connectivity index (χ3v) is 2.65. The Kier molecular flexibility index (Phi) is 4.38. The number of hydrogen-bond donors (Lipinski definition) is 2. The molecule has 3 N–H and O–H groups in total. The maximum absolute atomic E-state index is 13.3. The third kappa shape index (κ3) is 3.25. The van der Waals surface area contributed by atoms with Gasteiger partial charge in [0.15, 0.2) is 0 Å². The minimum Gasteiger partial charge on any atom is -0.397 e. The minimum atomic E-state index is -0.491. The molecule has 1 atom stereocenters. The van der Waals surface area contributed by atoms with Crippen molar-refractivity contribution in [2.75, 3.05) is 24.2 Å². The maximum atomic E-state index is 13.3. The third-order valence-electron chi connectivity index (χ3n) is 2.36. The van der Waals surface area contributed by atoms with Crippen molar-refractivity contribution in [3.05, 3.63) is 23.0 Å². The largest absolute Gasteiger partial charge is 0.397 e. The van der Waals surface area contributed by atoms with Gasteiger partial charge in [0.2, 0.25) is 0 Å². The highest BCUT2D eigenvalue weighted by atomic mass is 35.5. The van der Waals surface area contributed by atoms with Crippen LogP contribution in [0.5, 0.6) is 0 Å². The van der Waals surface area contributed by atoms with Crippen molar-refractivity contribution >= 4 is 23.0 Å². The molecule has 0 bridgehead atoms. The maximum Gasteiger partial charge on any atom is 0.144 e. The number of nitrogen functional groups attached to an aromatic ring is 1. The Bertz CT molecular complexity index is 371. The lowest BCUT2D eigenvalue weighted by molar-refractivity contribution is 0.187. The van der Waals surface area contributed by atoms with Crippen LogP contribution in [0.4, 0.5) is 15.8 Å². The van der Waals surface area contributed by atoms with Crippen LogP contribution in [0.15, 0.2) is 12.1 Å². The highest BCUT2D eigenvalue weighted by Crippen LogP contribution is 2.28. The van der Waals surface area contributed by atoms with E-state index in [1.165, 1.54) is 12.1 Å². The van der Waals surface area contributed by atoms with Crippen molar-refractivity contribution in [2.45, 2.75) is 19.4 Å². The van der Waals surface area contributed by atoms with Crippen LogP contribution in [0.1, 0.15) is 13.3 Å². The molecule has 0 aliphatic rings. The van der Waals surface area contributed by atoms with Gasteiger partial charge in [-0.2, -0.15) is 0 Å². The van der Waals surface area contributed by atoms with Crippen LogP contribution in [0.25, 0.3) is 0 Å².